The Hall–Kier alpha value is -1.26. The molecule has 0 amide bonds. The van der Waals surface area contributed by atoms with Crippen LogP contribution in [0.2, 0.25) is 5.02 Å². The van der Waals surface area contributed by atoms with Gasteiger partial charge in [0.15, 0.2) is 0 Å². The number of aliphatic hydroxyl groups is 1. The minimum Gasteiger partial charge on any atom is -0.496 e. The first-order valence-electron chi connectivity index (χ1n) is 5.60. The molecule has 1 rings (SSSR count). The predicted octanol–water partition coefficient (Wildman–Crippen LogP) is 2.51. The number of carbonyl (C=O) groups is 1. The average molecular weight is 273 g/mol. The van der Waals surface area contributed by atoms with Gasteiger partial charge in [0.1, 0.15) is 5.75 Å². The van der Waals surface area contributed by atoms with Crippen LogP contribution in [-0.2, 0) is 11.2 Å². The van der Waals surface area contributed by atoms with E-state index in [4.69, 9.17) is 21.4 Å². The van der Waals surface area contributed by atoms with Crippen molar-refractivity contribution < 1.29 is 19.7 Å². The van der Waals surface area contributed by atoms with Crippen LogP contribution in [0.5, 0.6) is 5.75 Å². The number of carboxylic acid groups (broad SMARTS) is 1. The molecule has 0 saturated carbocycles. The number of halogens is 1. The van der Waals surface area contributed by atoms with E-state index in [-0.39, 0.29) is 6.42 Å². The maximum Gasteiger partial charge on any atom is 0.306 e. The molecule has 100 valence electrons. The lowest BCUT2D eigenvalue weighted by Gasteiger charge is -2.21. The first-order chi connectivity index (χ1) is 8.34. The standard InChI is InChI=1S/C13H17ClO4/c1-13(17,8-12(15)16)6-5-9-7-10(14)3-4-11(9)18-2/h3-4,7,17H,5-6,8H2,1-2H3,(H,15,16). The lowest BCUT2D eigenvalue weighted by molar-refractivity contribution is -0.142. The second-order valence-electron chi connectivity index (χ2n) is 4.52. The molecule has 0 aliphatic heterocycles. The van der Waals surface area contributed by atoms with Gasteiger partial charge in [0.05, 0.1) is 19.1 Å². The molecule has 1 atom stereocenters. The van der Waals surface area contributed by atoms with E-state index >= 15 is 0 Å². The maximum atomic E-state index is 10.6. The summed E-state index contributed by atoms with van der Waals surface area (Å²) in [4.78, 5) is 10.6. The van der Waals surface area contributed by atoms with Crippen molar-refractivity contribution in [3.05, 3.63) is 28.8 Å². The van der Waals surface area contributed by atoms with Crippen molar-refractivity contribution in [2.75, 3.05) is 7.11 Å². The minimum absolute atomic E-state index is 0.282. The van der Waals surface area contributed by atoms with Crippen molar-refractivity contribution in [1.29, 1.82) is 0 Å². The quantitative estimate of drug-likeness (QED) is 0.835. The third-order valence-electron chi connectivity index (χ3n) is 2.71. The highest BCUT2D eigenvalue weighted by molar-refractivity contribution is 6.30. The molecule has 2 N–H and O–H groups in total. The van der Waals surface area contributed by atoms with Crippen molar-refractivity contribution in [1.82, 2.24) is 0 Å². The van der Waals surface area contributed by atoms with E-state index in [1.807, 2.05) is 0 Å². The summed E-state index contributed by atoms with van der Waals surface area (Å²) in [6.45, 7) is 1.51. The summed E-state index contributed by atoms with van der Waals surface area (Å²) < 4.78 is 5.19. The summed E-state index contributed by atoms with van der Waals surface area (Å²) in [6, 6.07) is 5.24. The van der Waals surface area contributed by atoms with Crippen LogP contribution in [0, 0.1) is 0 Å². The fourth-order valence-corrected chi connectivity index (χ4v) is 1.96. The molecule has 5 heteroatoms. The Morgan fingerprint density at radius 2 is 2.17 bits per heavy atom. The minimum atomic E-state index is -1.24. The predicted molar refractivity (Wildman–Crippen MR) is 69.2 cm³/mol. The van der Waals surface area contributed by atoms with Crippen molar-refractivity contribution in [2.45, 2.75) is 31.8 Å². The van der Waals surface area contributed by atoms with Crippen molar-refractivity contribution in [3.8, 4) is 5.75 Å². The Kier molecular flexibility index (Phi) is 4.99. The number of hydrogen-bond acceptors (Lipinski definition) is 3. The number of benzene rings is 1. The molecule has 1 aromatic carbocycles. The topological polar surface area (TPSA) is 66.8 Å². The van der Waals surface area contributed by atoms with E-state index in [9.17, 15) is 9.90 Å². The third kappa shape index (κ3) is 4.55. The lowest BCUT2D eigenvalue weighted by atomic mass is 9.93. The van der Waals surface area contributed by atoms with Gasteiger partial charge in [-0.1, -0.05) is 11.6 Å². The Morgan fingerprint density at radius 1 is 1.50 bits per heavy atom. The van der Waals surface area contributed by atoms with Crippen LogP contribution in [0.4, 0.5) is 0 Å². The molecule has 0 radical (unpaired) electrons. The fourth-order valence-electron chi connectivity index (χ4n) is 1.76. The van der Waals surface area contributed by atoms with Gasteiger partial charge in [0.25, 0.3) is 0 Å². The zero-order chi connectivity index (χ0) is 13.8. The Labute approximate surface area is 111 Å². The number of aryl methyl sites for hydroxylation is 1. The number of methoxy groups -OCH3 is 1. The van der Waals surface area contributed by atoms with Crippen LogP contribution in [0.1, 0.15) is 25.3 Å². The molecule has 0 bridgehead atoms. The molecule has 0 aliphatic rings. The van der Waals surface area contributed by atoms with E-state index in [1.165, 1.54) is 6.92 Å². The molecule has 0 fully saturated rings. The Balaban J connectivity index is 2.73. The van der Waals surface area contributed by atoms with E-state index in [2.05, 4.69) is 0 Å². The van der Waals surface area contributed by atoms with Crippen molar-refractivity contribution in [3.63, 3.8) is 0 Å². The summed E-state index contributed by atoms with van der Waals surface area (Å²) in [5.74, 6) is -0.330. The highest BCUT2D eigenvalue weighted by Crippen LogP contribution is 2.26. The lowest BCUT2D eigenvalue weighted by Crippen LogP contribution is -2.28. The van der Waals surface area contributed by atoms with E-state index in [0.29, 0.717) is 23.6 Å². The van der Waals surface area contributed by atoms with Gasteiger partial charge in [0, 0.05) is 5.02 Å². The van der Waals surface area contributed by atoms with Gasteiger partial charge >= 0.3 is 5.97 Å². The van der Waals surface area contributed by atoms with E-state index < -0.39 is 11.6 Å². The average Bonchev–Trinajstić information content (AvgIpc) is 2.25. The third-order valence-corrected chi connectivity index (χ3v) is 2.94. The molecule has 0 aliphatic carbocycles. The van der Waals surface area contributed by atoms with Gasteiger partial charge in [-0.3, -0.25) is 4.79 Å². The number of ether oxygens (including phenoxy) is 1. The summed E-state index contributed by atoms with van der Waals surface area (Å²) in [7, 11) is 1.56. The summed E-state index contributed by atoms with van der Waals surface area (Å²) >= 11 is 5.90. The smallest absolute Gasteiger partial charge is 0.306 e. The second kappa shape index (κ2) is 6.07. The second-order valence-corrected chi connectivity index (χ2v) is 4.96. The van der Waals surface area contributed by atoms with Gasteiger partial charge in [-0.2, -0.15) is 0 Å². The van der Waals surface area contributed by atoms with Crippen LogP contribution in [0.3, 0.4) is 0 Å². The van der Waals surface area contributed by atoms with Crippen LogP contribution >= 0.6 is 11.6 Å². The van der Waals surface area contributed by atoms with Crippen LogP contribution in [0.25, 0.3) is 0 Å². The molecular formula is C13H17ClO4. The monoisotopic (exact) mass is 272 g/mol. The molecule has 1 aromatic rings. The highest BCUT2D eigenvalue weighted by Gasteiger charge is 2.24. The van der Waals surface area contributed by atoms with Crippen molar-refractivity contribution >= 4 is 17.6 Å². The molecule has 18 heavy (non-hydrogen) atoms. The van der Waals surface area contributed by atoms with Gasteiger partial charge in [-0.25, -0.2) is 0 Å². The molecular weight excluding hydrogens is 256 g/mol. The SMILES string of the molecule is COc1ccc(Cl)cc1CCC(C)(O)CC(=O)O. The summed E-state index contributed by atoms with van der Waals surface area (Å²) in [5, 5.41) is 19.2. The van der Waals surface area contributed by atoms with Crippen LogP contribution < -0.4 is 4.74 Å². The largest absolute Gasteiger partial charge is 0.496 e. The van der Waals surface area contributed by atoms with Gasteiger partial charge in [-0.05, 0) is 43.5 Å². The molecule has 0 spiro atoms. The molecule has 1 unspecified atom stereocenters. The first-order valence-corrected chi connectivity index (χ1v) is 5.98. The zero-order valence-electron chi connectivity index (χ0n) is 10.4. The number of aliphatic carboxylic acids is 1. The Morgan fingerprint density at radius 3 is 2.72 bits per heavy atom. The van der Waals surface area contributed by atoms with Crippen LogP contribution in [0.15, 0.2) is 18.2 Å². The van der Waals surface area contributed by atoms with Crippen molar-refractivity contribution in [2.24, 2.45) is 0 Å². The highest BCUT2D eigenvalue weighted by atomic mass is 35.5. The van der Waals surface area contributed by atoms with Gasteiger partial charge in [0.2, 0.25) is 0 Å². The molecule has 0 heterocycles. The maximum absolute atomic E-state index is 10.6. The number of hydrogen-bond donors (Lipinski definition) is 2. The van der Waals surface area contributed by atoms with E-state index in [0.717, 1.165) is 5.56 Å². The molecule has 0 aromatic heterocycles. The number of carboxylic acids is 1. The summed E-state index contributed by atoms with van der Waals surface area (Å²) in [6.07, 6.45) is 0.551. The number of rotatable bonds is 6. The fraction of sp³-hybridized carbons (Fsp3) is 0.462. The Bertz CT molecular complexity index is 429. The molecule has 0 saturated heterocycles. The molecule has 4 nitrogen and oxygen atoms in total. The van der Waals surface area contributed by atoms with Gasteiger partial charge < -0.3 is 14.9 Å². The summed E-state index contributed by atoms with van der Waals surface area (Å²) in [5.41, 5.74) is -0.380. The van der Waals surface area contributed by atoms with E-state index in [1.54, 1.807) is 25.3 Å². The van der Waals surface area contributed by atoms with Crippen LogP contribution in [-0.4, -0.2) is 28.9 Å². The first kappa shape index (κ1) is 14.8. The van der Waals surface area contributed by atoms with Gasteiger partial charge in [-0.15, -0.1) is 0 Å². The zero-order valence-corrected chi connectivity index (χ0v) is 11.2. The normalized spacial score (nSPS) is 14.0.